The second kappa shape index (κ2) is 6.29. The lowest BCUT2D eigenvalue weighted by molar-refractivity contribution is -0.136. The Morgan fingerprint density at radius 3 is 2.65 bits per heavy atom. The third kappa shape index (κ3) is 2.75. The Bertz CT molecular complexity index is 653. The zero-order chi connectivity index (χ0) is 16.4. The first-order valence-corrected chi connectivity index (χ1v) is 7.26. The van der Waals surface area contributed by atoms with Crippen molar-refractivity contribution in [2.75, 3.05) is 34.0 Å². The highest BCUT2D eigenvalue weighted by Crippen LogP contribution is 2.35. The van der Waals surface area contributed by atoms with Crippen molar-refractivity contribution in [3.05, 3.63) is 41.1 Å². The molecule has 122 valence electrons. The molecule has 0 aromatic heterocycles. The number of ether oxygens (including phenoxy) is 3. The Kier molecular flexibility index (Phi) is 4.20. The molecule has 0 saturated heterocycles. The third-order valence-electron chi connectivity index (χ3n) is 3.97. The first-order valence-electron chi connectivity index (χ1n) is 7.26. The van der Waals surface area contributed by atoms with Gasteiger partial charge in [-0.15, -0.1) is 0 Å². The maximum atomic E-state index is 12.4. The molecule has 2 amide bonds. The minimum absolute atomic E-state index is 0.109. The van der Waals surface area contributed by atoms with E-state index in [1.807, 2.05) is 12.1 Å². The van der Waals surface area contributed by atoms with Crippen LogP contribution in [0, 0.1) is 0 Å². The predicted octanol–water partition coefficient (Wildman–Crippen LogP) is 1.22. The number of cyclic esters (lactones) is 1. The summed E-state index contributed by atoms with van der Waals surface area (Å²) < 4.78 is 15.3. The smallest absolute Gasteiger partial charge is 0.338 e. The number of benzene rings is 1. The van der Waals surface area contributed by atoms with E-state index in [1.54, 1.807) is 26.4 Å². The molecule has 2 aliphatic heterocycles. The van der Waals surface area contributed by atoms with Gasteiger partial charge in [0, 0.05) is 7.11 Å². The molecule has 0 fully saturated rings. The summed E-state index contributed by atoms with van der Waals surface area (Å²) in [7, 11) is 3.15. The molecule has 2 heterocycles. The predicted molar refractivity (Wildman–Crippen MR) is 80.8 cm³/mol. The quantitative estimate of drug-likeness (QED) is 0.826. The maximum Gasteiger partial charge on any atom is 0.338 e. The fourth-order valence-electron chi connectivity index (χ4n) is 2.78. The number of hydrogen-bond acceptors (Lipinski definition) is 5. The molecule has 1 aromatic carbocycles. The van der Waals surface area contributed by atoms with Gasteiger partial charge in [0.05, 0.1) is 37.6 Å². The van der Waals surface area contributed by atoms with Gasteiger partial charge in [-0.3, -0.25) is 4.90 Å². The van der Waals surface area contributed by atoms with Crippen LogP contribution in [0.1, 0.15) is 11.6 Å². The van der Waals surface area contributed by atoms with Gasteiger partial charge < -0.3 is 19.5 Å². The second-order valence-corrected chi connectivity index (χ2v) is 5.24. The molecule has 0 saturated carbocycles. The van der Waals surface area contributed by atoms with Crippen LogP contribution in [0.25, 0.3) is 0 Å². The van der Waals surface area contributed by atoms with E-state index in [1.165, 1.54) is 4.90 Å². The van der Waals surface area contributed by atoms with Crippen LogP contribution in [0.5, 0.6) is 5.75 Å². The zero-order valence-electron chi connectivity index (χ0n) is 13.0. The molecular formula is C16H18N2O5. The van der Waals surface area contributed by atoms with E-state index in [0.717, 1.165) is 5.56 Å². The average Bonchev–Trinajstić information content (AvgIpc) is 2.95. The molecule has 3 rings (SSSR count). The lowest BCUT2D eigenvalue weighted by Crippen LogP contribution is -2.48. The molecule has 1 aromatic rings. The van der Waals surface area contributed by atoms with E-state index in [-0.39, 0.29) is 12.6 Å². The number of methoxy groups -OCH3 is 2. The van der Waals surface area contributed by atoms with Crippen molar-refractivity contribution < 1.29 is 23.8 Å². The molecule has 0 spiro atoms. The lowest BCUT2D eigenvalue weighted by Gasteiger charge is -2.32. The van der Waals surface area contributed by atoms with Crippen LogP contribution in [0.4, 0.5) is 4.79 Å². The molecule has 1 unspecified atom stereocenters. The van der Waals surface area contributed by atoms with Gasteiger partial charge in [-0.2, -0.15) is 0 Å². The Morgan fingerprint density at radius 1 is 1.26 bits per heavy atom. The topological polar surface area (TPSA) is 77.1 Å². The summed E-state index contributed by atoms with van der Waals surface area (Å²) in [6.45, 7) is 0.858. The summed E-state index contributed by atoms with van der Waals surface area (Å²) >= 11 is 0. The third-order valence-corrected chi connectivity index (χ3v) is 3.97. The molecule has 7 heteroatoms. The van der Waals surface area contributed by atoms with Gasteiger partial charge in [-0.25, -0.2) is 9.59 Å². The molecule has 0 radical (unpaired) electrons. The van der Waals surface area contributed by atoms with Gasteiger partial charge in [0.1, 0.15) is 12.4 Å². The highest BCUT2D eigenvalue weighted by Gasteiger charge is 2.41. The largest absolute Gasteiger partial charge is 0.497 e. The molecule has 1 N–H and O–H groups in total. The van der Waals surface area contributed by atoms with E-state index < -0.39 is 12.0 Å². The SMILES string of the molecule is COCCN1C(=O)NC(c2ccc(OC)cc2)C2=C1COC2=O. The van der Waals surface area contributed by atoms with Gasteiger partial charge in [0.15, 0.2) is 0 Å². The number of carbonyl (C=O) groups excluding carboxylic acids is 2. The number of amides is 2. The van der Waals surface area contributed by atoms with E-state index in [0.29, 0.717) is 30.2 Å². The monoisotopic (exact) mass is 318 g/mol. The fourth-order valence-corrected chi connectivity index (χ4v) is 2.78. The van der Waals surface area contributed by atoms with Crippen molar-refractivity contribution in [3.8, 4) is 5.75 Å². The van der Waals surface area contributed by atoms with Crippen LogP contribution < -0.4 is 10.1 Å². The van der Waals surface area contributed by atoms with Crippen molar-refractivity contribution in [2.24, 2.45) is 0 Å². The summed E-state index contributed by atoms with van der Waals surface area (Å²) in [6.07, 6.45) is 0. The van der Waals surface area contributed by atoms with Crippen LogP contribution in [0.15, 0.2) is 35.5 Å². The standard InChI is InChI=1S/C16H18N2O5/c1-21-8-7-18-12-9-23-15(19)13(12)14(17-16(18)20)10-3-5-11(22-2)6-4-10/h3-6,14H,7-9H2,1-2H3,(H,17,20). The van der Waals surface area contributed by atoms with Crippen LogP contribution in [-0.2, 0) is 14.3 Å². The van der Waals surface area contributed by atoms with Gasteiger partial charge in [0.25, 0.3) is 0 Å². The van der Waals surface area contributed by atoms with Gasteiger partial charge >= 0.3 is 12.0 Å². The summed E-state index contributed by atoms with van der Waals surface area (Å²) in [4.78, 5) is 26.0. The van der Waals surface area contributed by atoms with Crippen LogP contribution in [0.3, 0.4) is 0 Å². The van der Waals surface area contributed by atoms with Crippen LogP contribution in [-0.4, -0.2) is 50.9 Å². The van der Waals surface area contributed by atoms with E-state index in [9.17, 15) is 9.59 Å². The minimum atomic E-state index is -0.516. The van der Waals surface area contributed by atoms with Gasteiger partial charge in [-0.1, -0.05) is 12.1 Å². The van der Waals surface area contributed by atoms with E-state index in [4.69, 9.17) is 14.2 Å². The number of nitrogens with zero attached hydrogens (tertiary/aromatic N) is 1. The summed E-state index contributed by atoms with van der Waals surface area (Å²) in [5, 5.41) is 2.86. The fraction of sp³-hybridized carbons (Fsp3) is 0.375. The Labute approximate surface area is 133 Å². The molecule has 1 atom stereocenters. The van der Waals surface area contributed by atoms with Crippen molar-refractivity contribution in [1.82, 2.24) is 10.2 Å². The van der Waals surface area contributed by atoms with Crippen molar-refractivity contribution >= 4 is 12.0 Å². The minimum Gasteiger partial charge on any atom is -0.497 e. The summed E-state index contributed by atoms with van der Waals surface area (Å²) in [6, 6.07) is 6.45. The van der Waals surface area contributed by atoms with Crippen LogP contribution in [0.2, 0.25) is 0 Å². The van der Waals surface area contributed by atoms with E-state index >= 15 is 0 Å². The number of urea groups is 1. The highest BCUT2D eigenvalue weighted by atomic mass is 16.5. The molecule has 23 heavy (non-hydrogen) atoms. The molecule has 7 nitrogen and oxygen atoms in total. The number of esters is 1. The maximum absolute atomic E-state index is 12.4. The first-order chi connectivity index (χ1) is 11.2. The number of hydrogen-bond donors (Lipinski definition) is 1. The summed E-state index contributed by atoms with van der Waals surface area (Å²) in [5.41, 5.74) is 1.89. The van der Waals surface area contributed by atoms with Crippen molar-refractivity contribution in [1.29, 1.82) is 0 Å². The molecule has 0 aliphatic carbocycles. The van der Waals surface area contributed by atoms with Crippen molar-refractivity contribution in [2.45, 2.75) is 6.04 Å². The normalized spacial score (nSPS) is 20.3. The number of nitrogens with one attached hydrogen (secondary N) is 1. The molecule has 2 aliphatic rings. The number of carbonyl (C=O) groups is 2. The van der Waals surface area contributed by atoms with Gasteiger partial charge in [0.2, 0.25) is 0 Å². The van der Waals surface area contributed by atoms with Gasteiger partial charge in [-0.05, 0) is 17.7 Å². The first kappa shape index (κ1) is 15.4. The van der Waals surface area contributed by atoms with E-state index in [2.05, 4.69) is 5.32 Å². The number of rotatable bonds is 5. The molecular weight excluding hydrogens is 300 g/mol. The highest BCUT2D eigenvalue weighted by molar-refractivity contribution is 5.97. The Morgan fingerprint density at radius 2 is 2.00 bits per heavy atom. The average molecular weight is 318 g/mol. The zero-order valence-corrected chi connectivity index (χ0v) is 13.0. The summed E-state index contributed by atoms with van der Waals surface area (Å²) in [5.74, 6) is 0.309. The van der Waals surface area contributed by atoms with Crippen molar-refractivity contribution in [3.63, 3.8) is 0 Å². The second-order valence-electron chi connectivity index (χ2n) is 5.24. The lowest BCUT2D eigenvalue weighted by atomic mass is 9.95. The molecule has 0 bridgehead atoms. The van der Waals surface area contributed by atoms with Crippen LogP contribution >= 0.6 is 0 Å². The Balaban J connectivity index is 1.96. The Hall–Kier alpha value is -2.54.